The zero-order valence-electron chi connectivity index (χ0n) is 12.5. The van der Waals surface area contributed by atoms with Crippen LogP contribution in [-0.4, -0.2) is 34.5 Å². The summed E-state index contributed by atoms with van der Waals surface area (Å²) in [5, 5.41) is 0. The van der Waals surface area contributed by atoms with E-state index in [9.17, 15) is 4.79 Å². The predicted octanol–water partition coefficient (Wildman–Crippen LogP) is 5.15. The van der Waals surface area contributed by atoms with Gasteiger partial charge < -0.3 is 9.64 Å². The summed E-state index contributed by atoms with van der Waals surface area (Å²) >= 11 is 16.8. The van der Waals surface area contributed by atoms with Gasteiger partial charge in [-0.05, 0) is 37.2 Å². The summed E-state index contributed by atoms with van der Waals surface area (Å²) < 4.78 is 3.46. The van der Waals surface area contributed by atoms with Gasteiger partial charge in [-0.2, -0.15) is 0 Å². The quantitative estimate of drug-likeness (QED) is 0.694. The largest absolute Gasteiger partial charge is 0.445 e. The Morgan fingerprint density at radius 1 is 1.18 bits per heavy atom. The topological polar surface area (TPSA) is 29.5 Å². The van der Waals surface area contributed by atoms with E-state index in [1.807, 2.05) is 6.07 Å². The van der Waals surface area contributed by atoms with E-state index in [-0.39, 0.29) is 12.6 Å². The highest BCUT2D eigenvalue weighted by Gasteiger charge is 2.29. The molecular weight excluding hydrogens is 345 g/mol. The van der Waals surface area contributed by atoms with Gasteiger partial charge in [0.25, 0.3) is 0 Å². The monoisotopic (exact) mass is 363 g/mol. The van der Waals surface area contributed by atoms with E-state index in [0.29, 0.717) is 5.92 Å². The highest BCUT2D eigenvalue weighted by molar-refractivity contribution is 6.67. The van der Waals surface area contributed by atoms with Gasteiger partial charge in [-0.15, -0.1) is 0 Å². The lowest BCUT2D eigenvalue weighted by Crippen LogP contribution is -2.40. The van der Waals surface area contributed by atoms with Crippen LogP contribution in [0, 0.1) is 0 Å². The highest BCUT2D eigenvalue weighted by atomic mass is 35.6. The minimum absolute atomic E-state index is 0.183. The van der Waals surface area contributed by atoms with Gasteiger partial charge in [0.1, 0.15) is 6.61 Å². The number of nitrogens with zero attached hydrogens (tertiary/aromatic N) is 1. The van der Waals surface area contributed by atoms with E-state index in [0.717, 1.165) is 25.7 Å². The van der Waals surface area contributed by atoms with Crippen molar-refractivity contribution in [3.63, 3.8) is 0 Å². The van der Waals surface area contributed by atoms with Crippen LogP contribution in [0.3, 0.4) is 0 Å². The molecule has 3 nitrogen and oxygen atoms in total. The fraction of sp³-hybridized carbons (Fsp3) is 0.562. The van der Waals surface area contributed by atoms with Crippen LogP contribution in [0.4, 0.5) is 4.79 Å². The number of ether oxygens (including phenoxy) is 1. The number of hydrogen-bond acceptors (Lipinski definition) is 2. The smallest absolute Gasteiger partial charge is 0.409 e. The van der Waals surface area contributed by atoms with Crippen LogP contribution in [-0.2, 0) is 4.74 Å². The first-order chi connectivity index (χ1) is 10.4. The lowest BCUT2D eigenvalue weighted by Gasteiger charge is -2.34. The van der Waals surface area contributed by atoms with Crippen LogP contribution < -0.4 is 0 Å². The van der Waals surface area contributed by atoms with Crippen LogP contribution in [0.1, 0.15) is 37.2 Å². The van der Waals surface area contributed by atoms with E-state index in [1.54, 1.807) is 11.9 Å². The van der Waals surface area contributed by atoms with Gasteiger partial charge in [-0.1, -0.05) is 65.1 Å². The predicted molar refractivity (Wildman–Crippen MR) is 90.8 cm³/mol. The fourth-order valence-corrected chi connectivity index (χ4v) is 3.08. The summed E-state index contributed by atoms with van der Waals surface area (Å²) in [4.78, 5) is 13.6. The van der Waals surface area contributed by atoms with Crippen LogP contribution in [0.5, 0.6) is 0 Å². The third-order valence-electron chi connectivity index (χ3n) is 4.16. The van der Waals surface area contributed by atoms with Gasteiger partial charge in [0.05, 0.1) is 0 Å². The Morgan fingerprint density at radius 2 is 1.77 bits per heavy atom. The van der Waals surface area contributed by atoms with Crippen molar-refractivity contribution in [2.24, 2.45) is 0 Å². The molecule has 0 unspecified atom stereocenters. The Kier molecular flexibility index (Phi) is 6.25. The van der Waals surface area contributed by atoms with Crippen LogP contribution in [0.15, 0.2) is 30.3 Å². The van der Waals surface area contributed by atoms with Crippen molar-refractivity contribution in [1.29, 1.82) is 0 Å². The van der Waals surface area contributed by atoms with Gasteiger partial charge >= 0.3 is 6.09 Å². The van der Waals surface area contributed by atoms with Crippen molar-refractivity contribution in [3.8, 4) is 0 Å². The Balaban J connectivity index is 1.82. The summed E-state index contributed by atoms with van der Waals surface area (Å²) in [5.41, 5.74) is 1.38. The van der Waals surface area contributed by atoms with E-state index in [2.05, 4.69) is 24.3 Å². The molecule has 2 rings (SSSR count). The summed E-state index contributed by atoms with van der Waals surface area (Å²) in [6, 6.07) is 10.7. The summed E-state index contributed by atoms with van der Waals surface area (Å²) in [6.45, 7) is -0.236. The molecule has 1 fully saturated rings. The molecule has 1 saturated carbocycles. The SMILES string of the molecule is CN(C(=O)OCC(Cl)(Cl)Cl)C1CCC(c2ccccc2)CC1. The van der Waals surface area contributed by atoms with Crippen molar-refractivity contribution >= 4 is 40.9 Å². The average molecular weight is 365 g/mol. The number of halogens is 3. The number of rotatable bonds is 3. The summed E-state index contributed by atoms with van der Waals surface area (Å²) in [6.07, 6.45) is 3.61. The fourth-order valence-electron chi connectivity index (χ4n) is 2.92. The van der Waals surface area contributed by atoms with Crippen molar-refractivity contribution in [2.45, 2.75) is 41.4 Å². The third-order valence-corrected chi connectivity index (χ3v) is 4.49. The molecule has 6 heteroatoms. The molecule has 1 amide bonds. The minimum atomic E-state index is -1.57. The van der Waals surface area contributed by atoms with E-state index in [1.165, 1.54) is 5.56 Å². The lowest BCUT2D eigenvalue weighted by atomic mass is 9.81. The molecule has 0 saturated heterocycles. The van der Waals surface area contributed by atoms with Crippen LogP contribution in [0.25, 0.3) is 0 Å². The first-order valence-corrected chi connectivity index (χ1v) is 8.51. The molecule has 1 aliphatic rings. The lowest BCUT2D eigenvalue weighted by molar-refractivity contribution is 0.0889. The molecule has 0 spiro atoms. The molecule has 0 atom stereocenters. The molecule has 1 aliphatic carbocycles. The Bertz CT molecular complexity index is 482. The Labute approximate surface area is 146 Å². The molecule has 22 heavy (non-hydrogen) atoms. The zero-order chi connectivity index (χ0) is 16.2. The molecule has 0 aromatic heterocycles. The van der Waals surface area contributed by atoms with Gasteiger partial charge in [-0.3, -0.25) is 0 Å². The molecule has 0 aliphatic heterocycles. The number of amides is 1. The molecule has 0 N–H and O–H groups in total. The Hall–Kier alpha value is -0.640. The summed E-state index contributed by atoms with van der Waals surface area (Å²) in [7, 11) is 1.74. The first-order valence-electron chi connectivity index (χ1n) is 7.38. The maximum absolute atomic E-state index is 12.0. The molecule has 1 aromatic rings. The molecule has 1 aromatic carbocycles. The average Bonchev–Trinajstić information content (AvgIpc) is 2.52. The standard InChI is InChI=1S/C16H20Cl3NO2/c1-20(15(21)22-11-16(17,18)19)14-9-7-13(8-10-14)12-5-3-2-4-6-12/h2-6,13-14H,7-11H2,1H3. The maximum atomic E-state index is 12.0. The second-order valence-corrected chi connectivity index (χ2v) is 8.21. The maximum Gasteiger partial charge on any atom is 0.409 e. The van der Waals surface area contributed by atoms with Crippen molar-refractivity contribution in [3.05, 3.63) is 35.9 Å². The van der Waals surface area contributed by atoms with E-state index < -0.39 is 9.89 Å². The molecule has 0 heterocycles. The first kappa shape index (κ1) is 17.7. The highest BCUT2D eigenvalue weighted by Crippen LogP contribution is 2.34. The van der Waals surface area contributed by atoms with Crippen molar-refractivity contribution in [1.82, 2.24) is 4.90 Å². The van der Waals surface area contributed by atoms with Gasteiger partial charge in [0.15, 0.2) is 0 Å². The molecule has 122 valence electrons. The van der Waals surface area contributed by atoms with Crippen LogP contribution in [0.2, 0.25) is 0 Å². The van der Waals surface area contributed by atoms with Gasteiger partial charge in [-0.25, -0.2) is 4.79 Å². The normalized spacial score (nSPS) is 22.2. The molecule has 0 radical (unpaired) electrons. The second-order valence-electron chi connectivity index (χ2n) is 5.70. The number of benzene rings is 1. The second kappa shape index (κ2) is 7.76. The van der Waals surface area contributed by atoms with E-state index in [4.69, 9.17) is 39.5 Å². The third kappa shape index (κ3) is 5.22. The Morgan fingerprint density at radius 3 is 2.32 bits per heavy atom. The number of carbonyl (C=O) groups excluding carboxylic acids is 1. The van der Waals surface area contributed by atoms with Crippen LogP contribution >= 0.6 is 34.8 Å². The minimum Gasteiger partial charge on any atom is -0.445 e. The number of alkyl halides is 3. The molecular formula is C16H20Cl3NO2. The molecule has 0 bridgehead atoms. The zero-order valence-corrected chi connectivity index (χ0v) is 14.7. The van der Waals surface area contributed by atoms with Crippen molar-refractivity contribution in [2.75, 3.05) is 13.7 Å². The van der Waals surface area contributed by atoms with Gasteiger partial charge in [0, 0.05) is 13.1 Å². The van der Waals surface area contributed by atoms with E-state index >= 15 is 0 Å². The van der Waals surface area contributed by atoms with Gasteiger partial charge in [0.2, 0.25) is 3.79 Å². The number of carbonyl (C=O) groups is 1. The van der Waals surface area contributed by atoms with Crippen molar-refractivity contribution < 1.29 is 9.53 Å². The number of hydrogen-bond donors (Lipinski definition) is 0. The summed E-state index contributed by atoms with van der Waals surface area (Å²) in [5.74, 6) is 0.572.